The van der Waals surface area contributed by atoms with Crippen molar-refractivity contribution in [1.82, 2.24) is 0 Å². The van der Waals surface area contributed by atoms with Crippen molar-refractivity contribution < 1.29 is 19.4 Å². The fourth-order valence-corrected chi connectivity index (χ4v) is 3.30. The van der Waals surface area contributed by atoms with Crippen LogP contribution < -0.4 is 9.47 Å². The molecule has 3 aromatic carbocycles. The van der Waals surface area contributed by atoms with E-state index < -0.39 is 0 Å². The molecule has 4 nitrogen and oxygen atoms in total. The molecule has 130 valence electrons. The number of aliphatic hydroxyl groups is 1. The molecule has 3 aromatic rings. The average molecular weight is 346 g/mol. The number of Topliss-reactive ketones (excluding diaryl/α,β-unsaturated/α-hetero) is 1. The Morgan fingerprint density at radius 2 is 1.81 bits per heavy atom. The minimum absolute atomic E-state index is 0.0137. The van der Waals surface area contributed by atoms with Crippen LogP contribution in [0.25, 0.3) is 16.8 Å². The minimum Gasteiger partial charge on any atom is -0.493 e. The third-order valence-corrected chi connectivity index (χ3v) is 4.60. The van der Waals surface area contributed by atoms with Crippen molar-refractivity contribution >= 4 is 22.6 Å². The summed E-state index contributed by atoms with van der Waals surface area (Å²) in [6.45, 7) is 0.0828. The van der Waals surface area contributed by atoms with Crippen LogP contribution in [0.5, 0.6) is 11.5 Å². The van der Waals surface area contributed by atoms with E-state index in [1.165, 1.54) is 0 Å². The second-order valence-corrected chi connectivity index (χ2v) is 6.18. The molecule has 0 radical (unpaired) electrons. The summed E-state index contributed by atoms with van der Waals surface area (Å²) in [5.41, 5.74) is 3.08. The highest BCUT2D eigenvalue weighted by Crippen LogP contribution is 2.33. The molecule has 0 bridgehead atoms. The van der Waals surface area contributed by atoms with Gasteiger partial charge in [0, 0.05) is 16.5 Å². The Morgan fingerprint density at radius 1 is 1.00 bits per heavy atom. The van der Waals surface area contributed by atoms with Crippen molar-refractivity contribution in [3.63, 3.8) is 0 Å². The number of ether oxygens (including phenoxy) is 2. The first-order valence-corrected chi connectivity index (χ1v) is 8.39. The molecule has 4 rings (SSSR count). The van der Waals surface area contributed by atoms with Crippen LogP contribution in [0.1, 0.15) is 21.5 Å². The number of hydrogen-bond acceptors (Lipinski definition) is 4. The van der Waals surface area contributed by atoms with Crippen molar-refractivity contribution in [3.8, 4) is 11.5 Å². The number of methoxy groups -OCH3 is 1. The zero-order valence-electron chi connectivity index (χ0n) is 14.4. The van der Waals surface area contributed by atoms with Crippen LogP contribution in [-0.4, -0.2) is 24.6 Å². The van der Waals surface area contributed by atoms with Gasteiger partial charge in [-0.05, 0) is 34.7 Å². The molecule has 1 N–H and O–H groups in total. The molecule has 4 heteroatoms. The van der Waals surface area contributed by atoms with Crippen LogP contribution in [0.2, 0.25) is 0 Å². The summed E-state index contributed by atoms with van der Waals surface area (Å²) in [5, 5.41) is 11.3. The molecule has 0 atom stereocenters. The second kappa shape index (κ2) is 6.65. The van der Waals surface area contributed by atoms with Crippen molar-refractivity contribution in [2.75, 3.05) is 13.7 Å². The van der Waals surface area contributed by atoms with Crippen molar-refractivity contribution in [1.29, 1.82) is 0 Å². The lowest BCUT2D eigenvalue weighted by molar-refractivity contribution is 0.102. The maximum absolute atomic E-state index is 12.9. The molecule has 26 heavy (non-hydrogen) atoms. The van der Waals surface area contributed by atoms with Gasteiger partial charge in [-0.1, -0.05) is 42.5 Å². The van der Waals surface area contributed by atoms with Crippen molar-refractivity contribution in [2.45, 2.75) is 6.61 Å². The highest BCUT2D eigenvalue weighted by Gasteiger charge is 2.22. The molecular formula is C22H18O4. The quantitative estimate of drug-likeness (QED) is 0.759. The average Bonchev–Trinajstić information content (AvgIpc) is 2.69. The van der Waals surface area contributed by atoms with Crippen molar-refractivity contribution in [3.05, 3.63) is 76.9 Å². The molecule has 0 saturated carbocycles. The van der Waals surface area contributed by atoms with E-state index in [9.17, 15) is 9.90 Å². The molecule has 0 fully saturated rings. The summed E-state index contributed by atoms with van der Waals surface area (Å²) < 4.78 is 11.2. The monoisotopic (exact) mass is 346 g/mol. The number of carbonyl (C=O) groups is 1. The Hall–Kier alpha value is -3.11. The standard InChI is InChI=1S/C22H18O4/c1-25-20-10-14(12-23)8-9-19(20)26-13-17-11-16-6-2-4-15-5-3-7-18(21(15)16)22(17)24/h2-11,23H,12-13H2,1H3. The number of rotatable bonds is 5. The predicted octanol–water partition coefficient (Wildman–Crippen LogP) is 4.00. The third kappa shape index (κ3) is 2.74. The fraction of sp³-hybridized carbons (Fsp3) is 0.136. The van der Waals surface area contributed by atoms with Crippen molar-refractivity contribution in [2.24, 2.45) is 0 Å². The van der Waals surface area contributed by atoms with Gasteiger partial charge in [0.1, 0.15) is 6.61 Å². The topological polar surface area (TPSA) is 55.8 Å². The molecule has 0 spiro atoms. The van der Waals surface area contributed by atoms with E-state index in [2.05, 4.69) is 0 Å². The van der Waals surface area contributed by atoms with Gasteiger partial charge in [-0.15, -0.1) is 0 Å². The fourth-order valence-electron chi connectivity index (χ4n) is 3.30. The Bertz CT molecular complexity index is 1030. The molecule has 0 amide bonds. The van der Waals surface area contributed by atoms with E-state index in [1.807, 2.05) is 42.5 Å². The Labute approximate surface area is 151 Å². The molecular weight excluding hydrogens is 328 g/mol. The Kier molecular flexibility index (Phi) is 4.19. The first-order valence-electron chi connectivity index (χ1n) is 8.39. The lowest BCUT2D eigenvalue weighted by Crippen LogP contribution is -2.15. The summed E-state index contributed by atoms with van der Waals surface area (Å²) in [5.74, 6) is 1.05. The summed E-state index contributed by atoms with van der Waals surface area (Å²) >= 11 is 0. The van der Waals surface area contributed by atoms with E-state index >= 15 is 0 Å². The molecule has 0 unspecified atom stereocenters. The summed E-state index contributed by atoms with van der Waals surface area (Å²) in [7, 11) is 1.55. The Balaban J connectivity index is 1.65. The van der Waals surface area contributed by atoms with Gasteiger partial charge in [0.05, 0.1) is 13.7 Å². The van der Waals surface area contributed by atoms with E-state index in [0.717, 1.165) is 21.9 Å². The number of benzene rings is 3. The van der Waals surface area contributed by atoms with Gasteiger partial charge in [-0.2, -0.15) is 0 Å². The highest BCUT2D eigenvalue weighted by molar-refractivity contribution is 6.22. The summed E-state index contributed by atoms with van der Waals surface area (Å²) in [6, 6.07) is 17.0. The number of ketones is 1. The predicted molar refractivity (Wildman–Crippen MR) is 101 cm³/mol. The van der Waals surface area contributed by atoms with Gasteiger partial charge in [0.15, 0.2) is 17.3 Å². The number of carbonyl (C=O) groups excluding carboxylic acids is 1. The van der Waals surface area contributed by atoms with E-state index in [1.54, 1.807) is 25.3 Å². The first kappa shape index (κ1) is 16.4. The van der Waals surface area contributed by atoms with Crippen LogP contribution in [0.15, 0.2) is 60.2 Å². The highest BCUT2D eigenvalue weighted by atomic mass is 16.5. The molecule has 1 aliphatic carbocycles. The number of hydrogen-bond donors (Lipinski definition) is 1. The molecule has 0 aromatic heterocycles. The number of aliphatic hydroxyl groups excluding tert-OH is 1. The van der Waals surface area contributed by atoms with E-state index in [4.69, 9.17) is 9.47 Å². The van der Waals surface area contributed by atoms with Gasteiger partial charge in [-0.3, -0.25) is 4.79 Å². The maximum atomic E-state index is 12.9. The molecule has 1 aliphatic rings. The zero-order chi connectivity index (χ0) is 18.1. The third-order valence-electron chi connectivity index (χ3n) is 4.60. The minimum atomic E-state index is -0.0684. The lowest BCUT2D eigenvalue weighted by Gasteiger charge is -2.18. The van der Waals surface area contributed by atoms with E-state index in [-0.39, 0.29) is 19.0 Å². The smallest absolute Gasteiger partial charge is 0.193 e. The normalized spacial score (nSPS) is 12.8. The molecule has 0 heterocycles. The van der Waals surface area contributed by atoms with Gasteiger partial charge in [-0.25, -0.2) is 0 Å². The lowest BCUT2D eigenvalue weighted by atomic mass is 9.88. The van der Waals surface area contributed by atoms with E-state index in [0.29, 0.717) is 22.6 Å². The van der Waals surface area contributed by atoms with Gasteiger partial charge in [0.25, 0.3) is 0 Å². The van der Waals surface area contributed by atoms with Crippen LogP contribution in [-0.2, 0) is 6.61 Å². The summed E-state index contributed by atoms with van der Waals surface area (Å²) in [4.78, 5) is 12.9. The first-order chi connectivity index (χ1) is 12.7. The molecule has 0 saturated heterocycles. The van der Waals surface area contributed by atoms with Crippen LogP contribution >= 0.6 is 0 Å². The maximum Gasteiger partial charge on any atom is 0.193 e. The largest absolute Gasteiger partial charge is 0.493 e. The van der Waals surface area contributed by atoms with Gasteiger partial charge < -0.3 is 14.6 Å². The van der Waals surface area contributed by atoms with Crippen LogP contribution in [0, 0.1) is 0 Å². The molecule has 0 aliphatic heterocycles. The Morgan fingerprint density at radius 3 is 2.58 bits per heavy atom. The van der Waals surface area contributed by atoms with Gasteiger partial charge in [0.2, 0.25) is 0 Å². The zero-order valence-corrected chi connectivity index (χ0v) is 14.4. The summed E-state index contributed by atoms with van der Waals surface area (Å²) in [6.07, 6.45) is 1.90. The SMILES string of the molecule is COc1cc(CO)ccc1OCC1=Cc2cccc3cccc(c23)C1=O. The van der Waals surface area contributed by atoms with Gasteiger partial charge >= 0.3 is 0 Å². The van der Waals surface area contributed by atoms with Crippen LogP contribution in [0.3, 0.4) is 0 Å². The van der Waals surface area contributed by atoms with Crippen LogP contribution in [0.4, 0.5) is 0 Å². The second-order valence-electron chi connectivity index (χ2n) is 6.18.